The van der Waals surface area contributed by atoms with E-state index in [2.05, 4.69) is 34.9 Å². The lowest BCUT2D eigenvalue weighted by Gasteiger charge is -2.03. The Bertz CT molecular complexity index is 273. The van der Waals surface area contributed by atoms with E-state index in [0.29, 0.717) is 6.04 Å². The molecule has 0 aliphatic heterocycles. The van der Waals surface area contributed by atoms with Crippen molar-refractivity contribution >= 4 is 0 Å². The van der Waals surface area contributed by atoms with Gasteiger partial charge in [0.25, 0.3) is 0 Å². The Labute approximate surface area is 79.2 Å². The summed E-state index contributed by atoms with van der Waals surface area (Å²) in [6, 6.07) is 1.28. The SMILES string of the molecule is CC(C)n1cnc(CNC2CC2)c1. The van der Waals surface area contributed by atoms with Crippen LogP contribution in [-0.4, -0.2) is 15.6 Å². The zero-order chi connectivity index (χ0) is 9.26. The van der Waals surface area contributed by atoms with Gasteiger partial charge in [-0.3, -0.25) is 0 Å². The number of imidazole rings is 1. The number of nitrogens with zero attached hydrogens (tertiary/aromatic N) is 2. The topological polar surface area (TPSA) is 29.9 Å². The molecule has 0 spiro atoms. The molecular formula is C10H17N3. The third-order valence-electron chi connectivity index (χ3n) is 2.40. The van der Waals surface area contributed by atoms with Crippen LogP contribution in [0.15, 0.2) is 12.5 Å². The quantitative estimate of drug-likeness (QED) is 0.762. The van der Waals surface area contributed by atoms with E-state index in [1.165, 1.54) is 12.8 Å². The van der Waals surface area contributed by atoms with Crippen LogP contribution in [0.1, 0.15) is 38.4 Å². The van der Waals surface area contributed by atoms with E-state index in [1.807, 2.05) is 6.33 Å². The van der Waals surface area contributed by atoms with Crippen LogP contribution in [0.4, 0.5) is 0 Å². The molecular weight excluding hydrogens is 162 g/mol. The predicted molar refractivity (Wildman–Crippen MR) is 52.5 cm³/mol. The second-order valence-electron chi connectivity index (χ2n) is 4.06. The van der Waals surface area contributed by atoms with Crippen LogP contribution in [0.25, 0.3) is 0 Å². The van der Waals surface area contributed by atoms with E-state index in [-0.39, 0.29) is 0 Å². The van der Waals surface area contributed by atoms with Gasteiger partial charge in [-0.25, -0.2) is 4.98 Å². The van der Waals surface area contributed by atoms with E-state index in [9.17, 15) is 0 Å². The molecule has 3 heteroatoms. The van der Waals surface area contributed by atoms with Crippen LogP contribution in [0.2, 0.25) is 0 Å². The minimum Gasteiger partial charge on any atom is -0.335 e. The summed E-state index contributed by atoms with van der Waals surface area (Å²) >= 11 is 0. The van der Waals surface area contributed by atoms with Gasteiger partial charge in [0.2, 0.25) is 0 Å². The second-order valence-corrected chi connectivity index (χ2v) is 4.06. The summed E-state index contributed by atoms with van der Waals surface area (Å²) in [5.74, 6) is 0. The predicted octanol–water partition coefficient (Wildman–Crippen LogP) is 1.72. The van der Waals surface area contributed by atoms with Crippen molar-refractivity contribution in [2.45, 2.75) is 45.3 Å². The molecule has 0 saturated heterocycles. The molecule has 0 unspecified atom stereocenters. The molecule has 1 saturated carbocycles. The van der Waals surface area contributed by atoms with Gasteiger partial charge in [0, 0.05) is 24.8 Å². The van der Waals surface area contributed by atoms with E-state index in [1.54, 1.807) is 0 Å². The molecule has 0 atom stereocenters. The van der Waals surface area contributed by atoms with Crippen molar-refractivity contribution in [2.24, 2.45) is 0 Å². The Morgan fingerprint density at radius 3 is 2.92 bits per heavy atom. The maximum Gasteiger partial charge on any atom is 0.0952 e. The van der Waals surface area contributed by atoms with Crippen molar-refractivity contribution < 1.29 is 0 Å². The summed E-state index contributed by atoms with van der Waals surface area (Å²) < 4.78 is 2.14. The summed E-state index contributed by atoms with van der Waals surface area (Å²) in [5.41, 5.74) is 1.15. The van der Waals surface area contributed by atoms with Gasteiger partial charge in [0.15, 0.2) is 0 Å². The van der Waals surface area contributed by atoms with Crippen molar-refractivity contribution in [3.05, 3.63) is 18.2 Å². The summed E-state index contributed by atoms with van der Waals surface area (Å²) in [6.45, 7) is 5.25. The van der Waals surface area contributed by atoms with Gasteiger partial charge in [0.1, 0.15) is 0 Å². The number of nitrogens with one attached hydrogen (secondary N) is 1. The normalized spacial score (nSPS) is 16.8. The smallest absolute Gasteiger partial charge is 0.0952 e. The van der Waals surface area contributed by atoms with E-state index >= 15 is 0 Å². The molecule has 0 radical (unpaired) electrons. The molecule has 1 aromatic heterocycles. The lowest BCUT2D eigenvalue weighted by molar-refractivity contribution is 0.597. The van der Waals surface area contributed by atoms with Gasteiger partial charge in [-0.1, -0.05) is 0 Å². The van der Waals surface area contributed by atoms with Crippen molar-refractivity contribution in [1.82, 2.24) is 14.9 Å². The molecule has 1 aliphatic rings. The van der Waals surface area contributed by atoms with E-state index in [0.717, 1.165) is 18.3 Å². The van der Waals surface area contributed by atoms with Crippen LogP contribution in [0.5, 0.6) is 0 Å². The summed E-state index contributed by atoms with van der Waals surface area (Å²) in [4.78, 5) is 4.34. The minimum atomic E-state index is 0.516. The highest BCUT2D eigenvalue weighted by Crippen LogP contribution is 2.19. The fourth-order valence-corrected chi connectivity index (χ4v) is 1.29. The van der Waals surface area contributed by atoms with Crippen LogP contribution < -0.4 is 5.32 Å². The number of aromatic nitrogens is 2. The van der Waals surface area contributed by atoms with Crippen molar-refractivity contribution in [2.75, 3.05) is 0 Å². The summed E-state index contributed by atoms with van der Waals surface area (Å²) in [5, 5.41) is 3.45. The first-order valence-electron chi connectivity index (χ1n) is 5.01. The van der Waals surface area contributed by atoms with Gasteiger partial charge in [0.05, 0.1) is 12.0 Å². The molecule has 1 heterocycles. The fourth-order valence-electron chi connectivity index (χ4n) is 1.29. The Kier molecular flexibility index (Phi) is 2.36. The molecule has 1 N–H and O–H groups in total. The Hall–Kier alpha value is -0.830. The Morgan fingerprint density at radius 1 is 1.62 bits per heavy atom. The molecule has 0 bridgehead atoms. The first-order valence-corrected chi connectivity index (χ1v) is 5.01. The van der Waals surface area contributed by atoms with Crippen molar-refractivity contribution in [3.8, 4) is 0 Å². The standard InChI is InChI=1S/C10H17N3/c1-8(2)13-6-10(12-7-13)5-11-9-3-4-9/h6-9,11H,3-5H2,1-2H3. The van der Waals surface area contributed by atoms with Crippen LogP contribution >= 0.6 is 0 Å². The largest absolute Gasteiger partial charge is 0.335 e. The third-order valence-corrected chi connectivity index (χ3v) is 2.40. The molecule has 13 heavy (non-hydrogen) atoms. The lowest BCUT2D eigenvalue weighted by Crippen LogP contribution is -2.15. The maximum absolute atomic E-state index is 4.34. The van der Waals surface area contributed by atoms with Crippen LogP contribution in [0.3, 0.4) is 0 Å². The minimum absolute atomic E-state index is 0.516. The summed E-state index contributed by atoms with van der Waals surface area (Å²) in [7, 11) is 0. The molecule has 2 rings (SSSR count). The zero-order valence-corrected chi connectivity index (χ0v) is 8.33. The van der Waals surface area contributed by atoms with E-state index < -0.39 is 0 Å². The van der Waals surface area contributed by atoms with Gasteiger partial charge in [-0.2, -0.15) is 0 Å². The highest BCUT2D eigenvalue weighted by molar-refractivity contribution is 4.98. The Morgan fingerprint density at radius 2 is 2.38 bits per heavy atom. The zero-order valence-electron chi connectivity index (χ0n) is 8.33. The second kappa shape index (κ2) is 3.50. The van der Waals surface area contributed by atoms with Gasteiger partial charge < -0.3 is 9.88 Å². The fraction of sp³-hybridized carbons (Fsp3) is 0.700. The molecule has 72 valence electrons. The summed E-state index contributed by atoms with van der Waals surface area (Å²) in [6.07, 6.45) is 6.71. The first kappa shape index (κ1) is 8.75. The molecule has 1 aliphatic carbocycles. The number of hydrogen-bond donors (Lipinski definition) is 1. The molecule has 0 aromatic carbocycles. The van der Waals surface area contributed by atoms with E-state index in [4.69, 9.17) is 0 Å². The lowest BCUT2D eigenvalue weighted by atomic mass is 10.4. The van der Waals surface area contributed by atoms with Crippen LogP contribution in [0, 0.1) is 0 Å². The monoisotopic (exact) mass is 179 g/mol. The first-order chi connectivity index (χ1) is 6.25. The van der Waals surface area contributed by atoms with Gasteiger partial charge in [-0.15, -0.1) is 0 Å². The van der Waals surface area contributed by atoms with Crippen LogP contribution in [-0.2, 0) is 6.54 Å². The number of hydrogen-bond acceptors (Lipinski definition) is 2. The third kappa shape index (κ3) is 2.31. The van der Waals surface area contributed by atoms with Crippen molar-refractivity contribution in [3.63, 3.8) is 0 Å². The van der Waals surface area contributed by atoms with Gasteiger partial charge >= 0.3 is 0 Å². The molecule has 3 nitrogen and oxygen atoms in total. The van der Waals surface area contributed by atoms with Crippen molar-refractivity contribution in [1.29, 1.82) is 0 Å². The van der Waals surface area contributed by atoms with Gasteiger partial charge in [-0.05, 0) is 26.7 Å². The average molecular weight is 179 g/mol. The average Bonchev–Trinajstić information content (AvgIpc) is 2.79. The number of rotatable bonds is 4. The molecule has 0 amide bonds. The molecule has 1 fully saturated rings. The molecule has 1 aromatic rings. The maximum atomic E-state index is 4.34. The highest BCUT2D eigenvalue weighted by atomic mass is 15.1. The Balaban J connectivity index is 1.88. The highest BCUT2D eigenvalue weighted by Gasteiger charge is 2.20.